The summed E-state index contributed by atoms with van der Waals surface area (Å²) in [5, 5.41) is 0. The topological polar surface area (TPSA) is 55.5 Å². The van der Waals surface area contributed by atoms with Gasteiger partial charge in [0.15, 0.2) is 0 Å². The standard InChI is InChI=1S/C18H20BrN5O/c19-15-9-20-18(21-10-15)25-13-14-4-7-23(8-5-14)11-16-12-24-6-2-1-3-17(24)22-16/h1-3,6,9-10,12,14H,4-5,7-8,11,13H2. The zero-order chi connectivity index (χ0) is 17.1. The van der Waals surface area contributed by atoms with Crippen molar-refractivity contribution < 1.29 is 4.74 Å². The lowest BCUT2D eigenvalue weighted by molar-refractivity contribution is 0.131. The molecular weight excluding hydrogens is 382 g/mol. The first-order chi connectivity index (χ1) is 12.3. The van der Waals surface area contributed by atoms with Crippen LogP contribution in [0, 0.1) is 5.92 Å². The van der Waals surface area contributed by atoms with E-state index in [0.717, 1.165) is 48.3 Å². The third-order valence-electron chi connectivity index (χ3n) is 4.55. The van der Waals surface area contributed by atoms with Crippen molar-refractivity contribution in [2.24, 2.45) is 5.92 Å². The van der Waals surface area contributed by atoms with Crippen molar-refractivity contribution in [1.82, 2.24) is 24.3 Å². The van der Waals surface area contributed by atoms with Gasteiger partial charge in [-0.15, -0.1) is 0 Å². The number of halogens is 1. The van der Waals surface area contributed by atoms with Crippen molar-refractivity contribution in [1.29, 1.82) is 0 Å². The summed E-state index contributed by atoms with van der Waals surface area (Å²) in [6.07, 6.45) is 9.84. The average molecular weight is 402 g/mol. The Hall–Kier alpha value is -1.99. The molecule has 0 radical (unpaired) electrons. The van der Waals surface area contributed by atoms with E-state index < -0.39 is 0 Å². The molecule has 0 atom stereocenters. The fourth-order valence-electron chi connectivity index (χ4n) is 3.17. The van der Waals surface area contributed by atoms with Crippen LogP contribution in [0.1, 0.15) is 18.5 Å². The van der Waals surface area contributed by atoms with Crippen LogP contribution in [-0.2, 0) is 6.54 Å². The van der Waals surface area contributed by atoms with E-state index >= 15 is 0 Å². The molecule has 1 aliphatic rings. The third kappa shape index (κ3) is 4.16. The van der Waals surface area contributed by atoms with Gasteiger partial charge in [-0.1, -0.05) is 6.07 Å². The van der Waals surface area contributed by atoms with Crippen molar-refractivity contribution >= 4 is 21.6 Å². The van der Waals surface area contributed by atoms with Gasteiger partial charge in [-0.2, -0.15) is 0 Å². The van der Waals surface area contributed by atoms with E-state index in [1.807, 2.05) is 24.4 Å². The van der Waals surface area contributed by atoms with E-state index in [2.05, 4.69) is 46.4 Å². The second kappa shape index (κ2) is 7.49. The van der Waals surface area contributed by atoms with Crippen molar-refractivity contribution in [3.05, 3.63) is 53.2 Å². The van der Waals surface area contributed by atoms with Crippen LogP contribution in [0.25, 0.3) is 5.65 Å². The molecule has 0 bridgehead atoms. The Balaban J connectivity index is 1.25. The van der Waals surface area contributed by atoms with Gasteiger partial charge in [0.25, 0.3) is 0 Å². The molecule has 1 aliphatic heterocycles. The zero-order valence-electron chi connectivity index (χ0n) is 13.9. The number of rotatable bonds is 5. The Bertz CT molecular complexity index is 794. The first-order valence-corrected chi connectivity index (χ1v) is 9.31. The Morgan fingerprint density at radius 2 is 1.96 bits per heavy atom. The van der Waals surface area contributed by atoms with Gasteiger partial charge in [-0.25, -0.2) is 15.0 Å². The Kier molecular flexibility index (Phi) is 4.94. The fraction of sp³-hybridized carbons (Fsp3) is 0.389. The van der Waals surface area contributed by atoms with Crippen LogP contribution in [0.5, 0.6) is 6.01 Å². The van der Waals surface area contributed by atoms with Crippen LogP contribution in [0.2, 0.25) is 0 Å². The summed E-state index contributed by atoms with van der Waals surface area (Å²) in [5.74, 6) is 0.560. The van der Waals surface area contributed by atoms with E-state index in [9.17, 15) is 0 Å². The Morgan fingerprint density at radius 3 is 2.72 bits per heavy atom. The van der Waals surface area contributed by atoms with Gasteiger partial charge in [0, 0.05) is 31.3 Å². The van der Waals surface area contributed by atoms with Crippen LogP contribution in [0.4, 0.5) is 0 Å². The van der Waals surface area contributed by atoms with Crippen molar-refractivity contribution in [3.63, 3.8) is 0 Å². The molecule has 4 rings (SSSR count). The molecule has 0 unspecified atom stereocenters. The summed E-state index contributed by atoms with van der Waals surface area (Å²) < 4.78 is 8.66. The highest BCUT2D eigenvalue weighted by molar-refractivity contribution is 9.10. The quantitative estimate of drug-likeness (QED) is 0.656. The highest BCUT2D eigenvalue weighted by Gasteiger charge is 2.20. The smallest absolute Gasteiger partial charge is 0.316 e. The summed E-state index contributed by atoms with van der Waals surface area (Å²) in [7, 11) is 0. The van der Waals surface area contributed by atoms with Crippen LogP contribution < -0.4 is 4.74 Å². The lowest BCUT2D eigenvalue weighted by Gasteiger charge is -2.31. The highest BCUT2D eigenvalue weighted by Crippen LogP contribution is 2.20. The monoisotopic (exact) mass is 401 g/mol. The van der Waals surface area contributed by atoms with Crippen LogP contribution >= 0.6 is 15.9 Å². The maximum absolute atomic E-state index is 5.72. The van der Waals surface area contributed by atoms with Gasteiger partial charge in [0.1, 0.15) is 5.65 Å². The molecule has 0 spiro atoms. The van der Waals surface area contributed by atoms with E-state index in [-0.39, 0.29) is 0 Å². The minimum absolute atomic E-state index is 0.454. The maximum atomic E-state index is 5.72. The molecule has 0 N–H and O–H groups in total. The number of piperidine rings is 1. The second-order valence-electron chi connectivity index (χ2n) is 6.41. The molecule has 6 nitrogen and oxygen atoms in total. The van der Waals surface area contributed by atoms with Gasteiger partial charge in [-0.3, -0.25) is 4.90 Å². The number of pyridine rings is 1. The van der Waals surface area contributed by atoms with Gasteiger partial charge < -0.3 is 9.14 Å². The maximum Gasteiger partial charge on any atom is 0.316 e. The Morgan fingerprint density at radius 1 is 1.16 bits per heavy atom. The molecule has 0 aliphatic carbocycles. The largest absolute Gasteiger partial charge is 0.463 e. The number of fused-ring (bicyclic) bond motifs is 1. The summed E-state index contributed by atoms with van der Waals surface area (Å²) in [6.45, 7) is 3.74. The van der Waals surface area contributed by atoms with Crippen molar-refractivity contribution in [2.75, 3.05) is 19.7 Å². The molecule has 4 heterocycles. The molecule has 3 aromatic heterocycles. The van der Waals surface area contributed by atoms with Crippen molar-refractivity contribution in [2.45, 2.75) is 19.4 Å². The number of hydrogen-bond acceptors (Lipinski definition) is 5. The summed E-state index contributed by atoms with van der Waals surface area (Å²) in [4.78, 5) is 15.5. The number of imidazole rings is 1. The molecule has 0 aromatic carbocycles. The van der Waals surface area contributed by atoms with Crippen molar-refractivity contribution in [3.8, 4) is 6.01 Å². The summed E-state index contributed by atoms with van der Waals surface area (Å²) >= 11 is 3.33. The number of hydrogen-bond donors (Lipinski definition) is 0. The summed E-state index contributed by atoms with van der Waals surface area (Å²) in [6, 6.07) is 6.54. The SMILES string of the molecule is Brc1cnc(OCC2CCN(Cc3cn4ccccc4n3)CC2)nc1. The predicted molar refractivity (Wildman–Crippen MR) is 98.4 cm³/mol. The number of aromatic nitrogens is 4. The van der Waals surface area contributed by atoms with E-state index in [1.54, 1.807) is 12.4 Å². The van der Waals surface area contributed by atoms with Gasteiger partial charge in [0.05, 0.1) is 16.8 Å². The molecule has 0 amide bonds. The van der Waals surface area contributed by atoms with Gasteiger partial charge in [0.2, 0.25) is 0 Å². The minimum Gasteiger partial charge on any atom is -0.463 e. The molecule has 7 heteroatoms. The molecule has 3 aromatic rings. The van der Waals surface area contributed by atoms with Crippen LogP contribution in [0.3, 0.4) is 0 Å². The van der Waals surface area contributed by atoms with Gasteiger partial charge >= 0.3 is 6.01 Å². The molecule has 25 heavy (non-hydrogen) atoms. The zero-order valence-corrected chi connectivity index (χ0v) is 15.5. The number of nitrogens with zero attached hydrogens (tertiary/aromatic N) is 5. The average Bonchev–Trinajstić information content (AvgIpc) is 3.05. The molecule has 130 valence electrons. The van der Waals surface area contributed by atoms with Gasteiger partial charge in [-0.05, 0) is 59.9 Å². The predicted octanol–water partition coefficient (Wildman–Crippen LogP) is 3.18. The van der Waals surface area contributed by atoms with Crippen LogP contribution in [-0.4, -0.2) is 43.9 Å². The second-order valence-corrected chi connectivity index (χ2v) is 7.33. The summed E-state index contributed by atoms with van der Waals surface area (Å²) in [5.41, 5.74) is 2.14. The fourth-order valence-corrected chi connectivity index (χ4v) is 3.38. The Labute approximate surface area is 155 Å². The first kappa shape index (κ1) is 16.5. The minimum atomic E-state index is 0.454. The molecule has 0 saturated carbocycles. The molecular formula is C18H20BrN5O. The third-order valence-corrected chi connectivity index (χ3v) is 4.96. The highest BCUT2D eigenvalue weighted by atomic mass is 79.9. The molecule has 1 fully saturated rings. The van der Waals surface area contributed by atoms with E-state index in [4.69, 9.17) is 4.74 Å². The lowest BCUT2D eigenvalue weighted by atomic mass is 9.98. The van der Waals surface area contributed by atoms with E-state index in [0.29, 0.717) is 18.5 Å². The lowest BCUT2D eigenvalue weighted by Crippen LogP contribution is -2.35. The number of ether oxygens (including phenoxy) is 1. The normalized spacial score (nSPS) is 16.4. The first-order valence-electron chi connectivity index (χ1n) is 8.51. The molecule has 1 saturated heterocycles. The van der Waals surface area contributed by atoms with E-state index in [1.165, 1.54) is 0 Å². The number of likely N-dealkylation sites (tertiary alicyclic amines) is 1. The van der Waals surface area contributed by atoms with Crippen LogP contribution in [0.15, 0.2) is 47.5 Å².